The van der Waals surface area contributed by atoms with Crippen LogP contribution >= 0.6 is 11.3 Å². The normalized spacial score (nSPS) is 16.5. The molecule has 1 aliphatic rings. The minimum Gasteiger partial charge on any atom is -0.465 e. The van der Waals surface area contributed by atoms with Gasteiger partial charge < -0.3 is 14.1 Å². The van der Waals surface area contributed by atoms with E-state index in [1.807, 2.05) is 0 Å². The van der Waals surface area contributed by atoms with Gasteiger partial charge in [0.1, 0.15) is 11.6 Å². The van der Waals surface area contributed by atoms with Crippen LogP contribution in [0.15, 0.2) is 28.3 Å². The molecule has 0 bridgehead atoms. The molecule has 0 atom stereocenters. The first-order valence-corrected chi connectivity index (χ1v) is 6.96. The molecular weight excluding hydrogens is 266 g/mol. The van der Waals surface area contributed by atoms with E-state index in [0.717, 1.165) is 12.8 Å². The summed E-state index contributed by atoms with van der Waals surface area (Å²) in [5.41, 5.74) is 1.64. The highest BCUT2D eigenvalue weighted by atomic mass is 32.1. The Morgan fingerprint density at radius 3 is 2.95 bits per heavy atom. The Morgan fingerprint density at radius 2 is 2.32 bits per heavy atom. The van der Waals surface area contributed by atoms with Crippen LogP contribution in [0.25, 0.3) is 0 Å². The average Bonchev–Trinajstić information content (AvgIpc) is 3.12. The summed E-state index contributed by atoms with van der Waals surface area (Å²) in [6.45, 7) is 1.34. The fourth-order valence-corrected chi connectivity index (χ4v) is 2.56. The lowest BCUT2D eigenvalue weighted by Crippen LogP contribution is -2.41. The smallest absolute Gasteiger partial charge is 0.294 e. The van der Waals surface area contributed by atoms with Crippen molar-refractivity contribution >= 4 is 17.2 Å². The number of nitrogens with zero attached hydrogens (tertiary/aromatic N) is 3. The second-order valence-corrected chi connectivity index (χ2v) is 5.09. The van der Waals surface area contributed by atoms with Crippen LogP contribution in [0.5, 0.6) is 5.19 Å². The molecule has 7 heteroatoms. The van der Waals surface area contributed by atoms with Crippen molar-refractivity contribution in [3.8, 4) is 5.19 Å². The van der Waals surface area contributed by atoms with E-state index < -0.39 is 0 Å². The van der Waals surface area contributed by atoms with Gasteiger partial charge in [-0.05, 0) is 12.1 Å². The summed E-state index contributed by atoms with van der Waals surface area (Å²) in [6, 6.07) is 3.41. The van der Waals surface area contributed by atoms with Gasteiger partial charge in [-0.15, -0.1) is 10.2 Å². The van der Waals surface area contributed by atoms with E-state index in [4.69, 9.17) is 9.15 Å². The lowest BCUT2D eigenvalue weighted by Gasteiger charge is -2.30. The molecule has 3 rings (SSSR count). The number of carbonyl (C=O) groups is 1. The van der Waals surface area contributed by atoms with Crippen molar-refractivity contribution in [3.63, 3.8) is 0 Å². The van der Waals surface area contributed by atoms with Gasteiger partial charge in [-0.25, -0.2) is 0 Å². The summed E-state index contributed by atoms with van der Waals surface area (Å²) >= 11 is 1.38. The maximum Gasteiger partial charge on any atom is 0.294 e. The molecule has 1 aliphatic heterocycles. The Balaban J connectivity index is 1.53. The Morgan fingerprint density at radius 1 is 1.47 bits per heavy atom. The van der Waals surface area contributed by atoms with Crippen LogP contribution in [0, 0.1) is 0 Å². The largest absolute Gasteiger partial charge is 0.465 e. The molecule has 1 saturated heterocycles. The summed E-state index contributed by atoms with van der Waals surface area (Å²) in [7, 11) is 0. The van der Waals surface area contributed by atoms with Crippen LogP contribution in [0.1, 0.15) is 23.4 Å². The van der Waals surface area contributed by atoms with E-state index in [0.29, 0.717) is 24.0 Å². The van der Waals surface area contributed by atoms with Crippen LogP contribution in [0.2, 0.25) is 0 Å². The second kappa shape index (κ2) is 5.40. The summed E-state index contributed by atoms with van der Waals surface area (Å²) in [4.78, 5) is 13.8. The third-order valence-corrected chi connectivity index (χ3v) is 3.65. The number of likely N-dealkylation sites (tertiary alicyclic amines) is 1. The molecule has 2 aromatic rings. The van der Waals surface area contributed by atoms with E-state index in [-0.39, 0.29) is 12.0 Å². The molecule has 19 heavy (non-hydrogen) atoms. The standard InChI is InChI=1S/C12H13N3O3S/c16-11(10-2-1-7-17-10)15-5-3-9(4-6-15)18-12-14-13-8-19-12/h1-2,7-9H,3-6H2. The quantitative estimate of drug-likeness (QED) is 0.857. The molecule has 0 radical (unpaired) electrons. The zero-order valence-corrected chi connectivity index (χ0v) is 11.0. The predicted molar refractivity (Wildman–Crippen MR) is 68.2 cm³/mol. The summed E-state index contributed by atoms with van der Waals surface area (Å²) in [5.74, 6) is 0.336. The van der Waals surface area contributed by atoms with Crippen molar-refractivity contribution in [2.24, 2.45) is 0 Å². The van der Waals surface area contributed by atoms with Gasteiger partial charge >= 0.3 is 0 Å². The predicted octanol–water partition coefficient (Wildman–Crippen LogP) is 1.81. The van der Waals surface area contributed by atoms with Gasteiger partial charge in [-0.2, -0.15) is 0 Å². The number of furan rings is 1. The number of aromatic nitrogens is 2. The van der Waals surface area contributed by atoms with E-state index in [1.165, 1.54) is 17.6 Å². The van der Waals surface area contributed by atoms with E-state index >= 15 is 0 Å². The van der Waals surface area contributed by atoms with Crippen molar-refractivity contribution in [3.05, 3.63) is 29.7 Å². The Kier molecular flexibility index (Phi) is 3.45. The maximum absolute atomic E-state index is 12.1. The monoisotopic (exact) mass is 279 g/mol. The SMILES string of the molecule is O=C(c1ccco1)N1CCC(Oc2nncs2)CC1. The first-order valence-electron chi connectivity index (χ1n) is 6.08. The molecule has 0 saturated carbocycles. The summed E-state index contributed by atoms with van der Waals surface area (Å²) in [6.07, 6.45) is 3.21. The molecule has 0 aliphatic carbocycles. The highest BCUT2D eigenvalue weighted by Crippen LogP contribution is 2.20. The summed E-state index contributed by atoms with van der Waals surface area (Å²) in [5, 5.41) is 8.18. The molecule has 3 heterocycles. The zero-order chi connectivity index (χ0) is 13.1. The molecule has 0 N–H and O–H groups in total. The van der Waals surface area contributed by atoms with Crippen LogP contribution < -0.4 is 4.74 Å². The lowest BCUT2D eigenvalue weighted by molar-refractivity contribution is 0.0565. The van der Waals surface area contributed by atoms with Gasteiger partial charge in [0.15, 0.2) is 5.76 Å². The third kappa shape index (κ3) is 2.76. The fraction of sp³-hybridized carbons (Fsp3) is 0.417. The molecule has 1 fully saturated rings. The van der Waals surface area contributed by atoms with Gasteiger partial charge in [0.25, 0.3) is 11.1 Å². The molecule has 0 spiro atoms. The van der Waals surface area contributed by atoms with Crippen molar-refractivity contribution in [1.29, 1.82) is 0 Å². The van der Waals surface area contributed by atoms with Crippen molar-refractivity contribution in [2.45, 2.75) is 18.9 Å². The van der Waals surface area contributed by atoms with Gasteiger partial charge in [0, 0.05) is 25.9 Å². The number of piperidine rings is 1. The first-order chi connectivity index (χ1) is 9.33. The molecular formula is C12H13N3O3S. The number of rotatable bonds is 3. The van der Waals surface area contributed by atoms with Gasteiger partial charge in [-0.1, -0.05) is 11.3 Å². The van der Waals surface area contributed by atoms with E-state index in [9.17, 15) is 4.79 Å². The Hall–Kier alpha value is -1.89. The Bertz CT molecular complexity index is 518. The minimum atomic E-state index is -0.0561. The van der Waals surface area contributed by atoms with Gasteiger partial charge in [-0.3, -0.25) is 4.79 Å². The van der Waals surface area contributed by atoms with Gasteiger partial charge in [0.2, 0.25) is 0 Å². The number of hydrogen-bond acceptors (Lipinski definition) is 6. The number of carbonyl (C=O) groups excluding carboxylic acids is 1. The van der Waals surface area contributed by atoms with Crippen LogP contribution in [-0.4, -0.2) is 40.2 Å². The second-order valence-electron chi connectivity index (χ2n) is 4.29. The van der Waals surface area contributed by atoms with E-state index in [1.54, 1.807) is 22.5 Å². The van der Waals surface area contributed by atoms with Gasteiger partial charge in [0.05, 0.1) is 6.26 Å². The van der Waals surface area contributed by atoms with Crippen LogP contribution in [-0.2, 0) is 0 Å². The number of hydrogen-bond donors (Lipinski definition) is 0. The van der Waals surface area contributed by atoms with E-state index in [2.05, 4.69) is 10.2 Å². The highest BCUT2D eigenvalue weighted by molar-refractivity contribution is 7.11. The minimum absolute atomic E-state index is 0.0561. The van der Waals surface area contributed by atoms with Crippen molar-refractivity contribution < 1.29 is 13.9 Å². The Labute approximate surface area is 114 Å². The highest BCUT2D eigenvalue weighted by Gasteiger charge is 2.26. The van der Waals surface area contributed by atoms with Crippen molar-refractivity contribution in [2.75, 3.05) is 13.1 Å². The van der Waals surface area contributed by atoms with Crippen LogP contribution in [0.4, 0.5) is 0 Å². The molecule has 0 unspecified atom stereocenters. The van der Waals surface area contributed by atoms with Crippen molar-refractivity contribution in [1.82, 2.24) is 15.1 Å². The average molecular weight is 279 g/mol. The fourth-order valence-electron chi connectivity index (χ4n) is 2.09. The molecule has 0 aromatic carbocycles. The first kappa shape index (κ1) is 12.2. The number of amides is 1. The zero-order valence-electron chi connectivity index (χ0n) is 10.2. The maximum atomic E-state index is 12.1. The molecule has 100 valence electrons. The topological polar surface area (TPSA) is 68.5 Å². The third-order valence-electron chi connectivity index (χ3n) is 3.07. The molecule has 2 aromatic heterocycles. The lowest BCUT2D eigenvalue weighted by atomic mass is 10.1. The summed E-state index contributed by atoms with van der Waals surface area (Å²) < 4.78 is 10.8. The molecule has 1 amide bonds. The van der Waals surface area contributed by atoms with Crippen LogP contribution in [0.3, 0.4) is 0 Å². The molecule has 6 nitrogen and oxygen atoms in total. The number of ether oxygens (including phenoxy) is 1.